The molecule has 0 aromatic heterocycles. The van der Waals surface area contributed by atoms with Crippen LogP contribution in [0.3, 0.4) is 0 Å². The predicted molar refractivity (Wildman–Crippen MR) is 111 cm³/mol. The average molecular weight is 440 g/mol. The summed E-state index contributed by atoms with van der Waals surface area (Å²) in [6, 6.07) is 12.3. The fraction of sp³-hybridized carbons (Fsp3) is 0.316. The van der Waals surface area contributed by atoms with Gasteiger partial charge in [-0.2, -0.15) is 4.72 Å². The van der Waals surface area contributed by atoms with Gasteiger partial charge < -0.3 is 5.32 Å². The van der Waals surface area contributed by atoms with E-state index in [1.165, 1.54) is 43.3 Å². The first-order valence-electron chi connectivity index (χ1n) is 8.82. The van der Waals surface area contributed by atoms with Crippen LogP contribution in [0.2, 0.25) is 0 Å². The second-order valence-electron chi connectivity index (χ2n) is 7.53. The van der Waals surface area contributed by atoms with Crippen molar-refractivity contribution in [1.29, 1.82) is 0 Å². The van der Waals surface area contributed by atoms with Crippen LogP contribution < -0.4 is 14.8 Å². The Balaban J connectivity index is 2.13. The molecule has 158 valence electrons. The molecule has 1 amide bonds. The molecule has 0 fully saturated rings. The molecule has 2 rings (SSSR count). The summed E-state index contributed by atoms with van der Waals surface area (Å²) in [6.45, 7) is 6.56. The van der Waals surface area contributed by atoms with Crippen LogP contribution >= 0.6 is 0 Å². The fourth-order valence-electron chi connectivity index (χ4n) is 2.41. The molecular weight excluding hydrogens is 414 g/mol. The number of anilines is 1. The second-order valence-corrected chi connectivity index (χ2v) is 10.9. The summed E-state index contributed by atoms with van der Waals surface area (Å²) in [7, 11) is -7.64. The normalized spacial score (nSPS) is 13.7. The summed E-state index contributed by atoms with van der Waals surface area (Å²) in [5.74, 6) is -0.622. The maximum Gasteiger partial charge on any atom is 0.242 e. The minimum Gasteiger partial charge on any atom is -0.325 e. The van der Waals surface area contributed by atoms with Crippen LogP contribution in [0.25, 0.3) is 0 Å². The van der Waals surface area contributed by atoms with E-state index in [9.17, 15) is 21.6 Å². The molecule has 2 aromatic carbocycles. The molecular formula is C19H25N3O5S2. The van der Waals surface area contributed by atoms with E-state index in [1.54, 1.807) is 39.0 Å². The van der Waals surface area contributed by atoms with Crippen molar-refractivity contribution in [3.05, 3.63) is 54.6 Å². The molecule has 0 heterocycles. The molecule has 2 aromatic rings. The Morgan fingerprint density at radius 1 is 0.862 bits per heavy atom. The number of carbonyl (C=O) groups is 1. The van der Waals surface area contributed by atoms with E-state index in [2.05, 4.69) is 14.8 Å². The molecule has 0 spiro atoms. The molecule has 0 bridgehead atoms. The third-order valence-corrected chi connectivity index (χ3v) is 6.94. The van der Waals surface area contributed by atoms with E-state index in [0.29, 0.717) is 0 Å². The van der Waals surface area contributed by atoms with Crippen molar-refractivity contribution in [2.24, 2.45) is 0 Å². The Morgan fingerprint density at radius 2 is 1.45 bits per heavy atom. The van der Waals surface area contributed by atoms with Gasteiger partial charge in [0.05, 0.1) is 15.8 Å². The largest absolute Gasteiger partial charge is 0.325 e. The first-order chi connectivity index (χ1) is 13.3. The third kappa shape index (κ3) is 6.64. The first-order valence-corrected chi connectivity index (χ1v) is 11.8. The number of sulfonamides is 2. The lowest BCUT2D eigenvalue weighted by Crippen LogP contribution is -2.41. The summed E-state index contributed by atoms with van der Waals surface area (Å²) >= 11 is 0. The van der Waals surface area contributed by atoms with Crippen molar-refractivity contribution in [3.8, 4) is 0 Å². The third-order valence-electron chi connectivity index (χ3n) is 3.63. The second kappa shape index (κ2) is 8.62. The zero-order valence-corrected chi connectivity index (χ0v) is 18.3. The van der Waals surface area contributed by atoms with Gasteiger partial charge in [0.2, 0.25) is 26.0 Å². The molecule has 0 aliphatic rings. The number of rotatable bonds is 7. The standard InChI is InChI=1S/C19H25N3O5S2/c1-14(21-28(24,25)16-10-6-5-7-11-16)18(23)20-15-9-8-12-17(13-15)29(26,27)22-19(2,3)4/h5-14,21-22H,1-4H3,(H,20,23)/t14-/m0/s1. The number of carbonyl (C=O) groups excluding carboxylic acids is 1. The predicted octanol–water partition coefficient (Wildman–Crippen LogP) is 2.07. The average Bonchev–Trinajstić information content (AvgIpc) is 2.60. The maximum atomic E-state index is 12.4. The number of hydrogen-bond acceptors (Lipinski definition) is 5. The van der Waals surface area contributed by atoms with Crippen LogP contribution in [0.1, 0.15) is 27.7 Å². The van der Waals surface area contributed by atoms with Crippen molar-refractivity contribution >= 4 is 31.6 Å². The van der Waals surface area contributed by atoms with E-state index in [4.69, 9.17) is 0 Å². The van der Waals surface area contributed by atoms with E-state index in [-0.39, 0.29) is 15.5 Å². The van der Waals surface area contributed by atoms with Crippen LogP contribution in [0.5, 0.6) is 0 Å². The zero-order chi connectivity index (χ0) is 21.9. The topological polar surface area (TPSA) is 121 Å². The number of hydrogen-bond donors (Lipinski definition) is 3. The summed E-state index contributed by atoms with van der Waals surface area (Å²) in [6.07, 6.45) is 0. The van der Waals surface area contributed by atoms with Gasteiger partial charge in [-0.15, -0.1) is 0 Å². The fourth-order valence-corrected chi connectivity index (χ4v) is 5.10. The quantitative estimate of drug-likeness (QED) is 0.610. The number of nitrogens with one attached hydrogen (secondary N) is 3. The molecule has 0 radical (unpaired) electrons. The lowest BCUT2D eigenvalue weighted by atomic mass is 10.1. The Labute approximate surface area is 171 Å². The Bertz CT molecular complexity index is 1080. The van der Waals surface area contributed by atoms with Gasteiger partial charge in [0, 0.05) is 11.2 Å². The molecule has 8 nitrogen and oxygen atoms in total. The molecule has 1 atom stereocenters. The van der Waals surface area contributed by atoms with Crippen molar-refractivity contribution < 1.29 is 21.6 Å². The van der Waals surface area contributed by atoms with Crippen molar-refractivity contribution in [3.63, 3.8) is 0 Å². The van der Waals surface area contributed by atoms with Crippen molar-refractivity contribution in [1.82, 2.24) is 9.44 Å². The summed E-state index contributed by atoms with van der Waals surface area (Å²) in [4.78, 5) is 12.4. The molecule has 0 aliphatic carbocycles. The Hall–Kier alpha value is -2.27. The summed E-state index contributed by atoms with van der Waals surface area (Å²) in [5.41, 5.74) is -0.431. The van der Waals surface area contributed by atoms with Crippen LogP contribution in [0, 0.1) is 0 Å². The van der Waals surface area contributed by atoms with Crippen LogP contribution in [-0.4, -0.2) is 34.3 Å². The molecule has 0 aliphatic heterocycles. The van der Waals surface area contributed by atoms with Gasteiger partial charge in [0.25, 0.3) is 0 Å². The zero-order valence-electron chi connectivity index (χ0n) is 16.6. The van der Waals surface area contributed by atoms with Gasteiger partial charge in [-0.1, -0.05) is 24.3 Å². The van der Waals surface area contributed by atoms with E-state index in [0.717, 1.165) is 0 Å². The van der Waals surface area contributed by atoms with Gasteiger partial charge in [-0.25, -0.2) is 21.6 Å². The maximum absolute atomic E-state index is 12.4. The number of benzene rings is 2. The highest BCUT2D eigenvalue weighted by atomic mass is 32.2. The Morgan fingerprint density at radius 3 is 2.03 bits per heavy atom. The van der Waals surface area contributed by atoms with Gasteiger partial charge >= 0.3 is 0 Å². The van der Waals surface area contributed by atoms with Crippen LogP contribution in [0.4, 0.5) is 5.69 Å². The van der Waals surface area contributed by atoms with Gasteiger partial charge in [0.1, 0.15) is 0 Å². The SMILES string of the molecule is C[C@H](NS(=O)(=O)c1ccccc1)C(=O)Nc1cccc(S(=O)(=O)NC(C)(C)C)c1. The van der Waals surface area contributed by atoms with Gasteiger partial charge in [0.15, 0.2) is 0 Å². The highest BCUT2D eigenvalue weighted by Gasteiger charge is 2.24. The van der Waals surface area contributed by atoms with Gasteiger partial charge in [-0.05, 0) is 58.0 Å². The molecule has 29 heavy (non-hydrogen) atoms. The molecule has 10 heteroatoms. The minimum atomic E-state index is -3.87. The first kappa shape index (κ1) is 23.0. The van der Waals surface area contributed by atoms with Crippen molar-refractivity contribution in [2.75, 3.05) is 5.32 Å². The van der Waals surface area contributed by atoms with E-state index < -0.39 is 37.5 Å². The van der Waals surface area contributed by atoms with E-state index in [1.807, 2.05) is 0 Å². The Kier molecular flexibility index (Phi) is 6.84. The lowest BCUT2D eigenvalue weighted by Gasteiger charge is -2.20. The van der Waals surface area contributed by atoms with Gasteiger partial charge in [-0.3, -0.25) is 4.79 Å². The lowest BCUT2D eigenvalue weighted by molar-refractivity contribution is -0.117. The summed E-state index contributed by atoms with van der Waals surface area (Å²) in [5, 5.41) is 2.53. The molecule has 0 unspecified atom stereocenters. The van der Waals surface area contributed by atoms with E-state index >= 15 is 0 Å². The smallest absolute Gasteiger partial charge is 0.242 e. The molecule has 0 saturated carbocycles. The van der Waals surface area contributed by atoms with Crippen molar-refractivity contribution in [2.45, 2.75) is 49.1 Å². The monoisotopic (exact) mass is 439 g/mol. The molecule has 3 N–H and O–H groups in total. The molecule has 0 saturated heterocycles. The highest BCUT2D eigenvalue weighted by molar-refractivity contribution is 7.89. The van der Waals surface area contributed by atoms with Crippen LogP contribution in [-0.2, 0) is 24.8 Å². The number of amides is 1. The highest BCUT2D eigenvalue weighted by Crippen LogP contribution is 2.18. The summed E-state index contributed by atoms with van der Waals surface area (Å²) < 4.78 is 54.4. The minimum absolute atomic E-state index is 0.0113. The van der Waals surface area contributed by atoms with Crippen LogP contribution in [0.15, 0.2) is 64.4 Å².